The number of nitrogens with one attached hydrogen (secondary N) is 1. The highest BCUT2D eigenvalue weighted by atomic mass is 16.3. The summed E-state index contributed by atoms with van der Waals surface area (Å²) in [7, 11) is 1.94. The number of fused-ring (bicyclic) bond motifs is 1. The minimum absolute atomic E-state index is 0.184. The number of aromatic nitrogens is 3. The molecule has 0 fully saturated rings. The van der Waals surface area contributed by atoms with Gasteiger partial charge < -0.3 is 14.3 Å². The Labute approximate surface area is 148 Å². The standard InChI is InChI=1S/C19H16N4O3/c1-22-10-9-13-14(4-2-5-16(13)22)20-18(24)12-23-19(25)8-7-15(21-23)17-6-3-11-26-17/h2-11H,12H2,1H3,(H,20,24). The SMILES string of the molecule is Cn1ccc2c(NC(=O)Cn3nc(-c4ccco4)ccc3=O)cccc21. The van der Waals surface area contributed by atoms with E-state index < -0.39 is 0 Å². The van der Waals surface area contributed by atoms with Crippen molar-refractivity contribution >= 4 is 22.5 Å². The van der Waals surface area contributed by atoms with Crippen molar-refractivity contribution in [3.8, 4) is 11.5 Å². The van der Waals surface area contributed by atoms with E-state index in [-0.39, 0.29) is 18.0 Å². The topological polar surface area (TPSA) is 82.1 Å². The van der Waals surface area contributed by atoms with Crippen LogP contribution in [0.15, 0.2) is 70.2 Å². The molecular weight excluding hydrogens is 332 g/mol. The molecule has 1 amide bonds. The van der Waals surface area contributed by atoms with Crippen LogP contribution in [0.4, 0.5) is 5.69 Å². The monoisotopic (exact) mass is 348 g/mol. The molecule has 4 aromatic rings. The largest absolute Gasteiger partial charge is 0.463 e. The summed E-state index contributed by atoms with van der Waals surface area (Å²) in [5.74, 6) is 0.209. The zero-order valence-electron chi connectivity index (χ0n) is 14.0. The second-order valence-electron chi connectivity index (χ2n) is 5.90. The van der Waals surface area contributed by atoms with E-state index in [4.69, 9.17) is 4.42 Å². The van der Waals surface area contributed by atoms with E-state index >= 15 is 0 Å². The number of benzene rings is 1. The van der Waals surface area contributed by atoms with Gasteiger partial charge in [0.25, 0.3) is 5.56 Å². The molecule has 7 nitrogen and oxygen atoms in total. The molecule has 0 saturated heterocycles. The Morgan fingerprint density at radius 3 is 2.85 bits per heavy atom. The molecule has 0 atom stereocenters. The highest BCUT2D eigenvalue weighted by Gasteiger charge is 2.11. The first kappa shape index (κ1) is 15.9. The number of nitrogens with zero attached hydrogens (tertiary/aromatic N) is 3. The van der Waals surface area contributed by atoms with Crippen LogP contribution in [0.3, 0.4) is 0 Å². The van der Waals surface area contributed by atoms with E-state index in [1.54, 1.807) is 18.2 Å². The van der Waals surface area contributed by atoms with Crippen molar-refractivity contribution in [2.75, 3.05) is 5.32 Å². The summed E-state index contributed by atoms with van der Waals surface area (Å²) in [6, 6.07) is 14.0. The first-order valence-electron chi connectivity index (χ1n) is 8.08. The van der Waals surface area contributed by atoms with Crippen LogP contribution in [0, 0.1) is 0 Å². The molecule has 0 aliphatic carbocycles. The summed E-state index contributed by atoms with van der Waals surface area (Å²) >= 11 is 0. The van der Waals surface area contributed by atoms with E-state index in [0.717, 1.165) is 15.6 Å². The molecule has 1 N–H and O–H groups in total. The van der Waals surface area contributed by atoms with Gasteiger partial charge in [-0.15, -0.1) is 0 Å². The van der Waals surface area contributed by atoms with Crippen LogP contribution in [-0.4, -0.2) is 20.3 Å². The van der Waals surface area contributed by atoms with Crippen LogP contribution in [0.2, 0.25) is 0 Å². The Bertz CT molecular complexity index is 1140. The number of hydrogen-bond donors (Lipinski definition) is 1. The summed E-state index contributed by atoms with van der Waals surface area (Å²) in [4.78, 5) is 24.5. The molecule has 0 unspecified atom stereocenters. The number of carbonyl (C=O) groups excluding carboxylic acids is 1. The lowest BCUT2D eigenvalue weighted by Crippen LogP contribution is -2.29. The molecule has 3 aromatic heterocycles. The van der Waals surface area contributed by atoms with Gasteiger partial charge in [0, 0.05) is 30.2 Å². The third kappa shape index (κ3) is 2.90. The first-order chi connectivity index (χ1) is 12.6. The van der Waals surface area contributed by atoms with E-state index in [2.05, 4.69) is 10.4 Å². The van der Waals surface area contributed by atoms with E-state index in [9.17, 15) is 9.59 Å². The van der Waals surface area contributed by atoms with Gasteiger partial charge in [0.15, 0.2) is 5.76 Å². The molecule has 0 aliphatic rings. The number of anilines is 1. The van der Waals surface area contributed by atoms with Crippen LogP contribution in [0.25, 0.3) is 22.4 Å². The molecule has 0 radical (unpaired) electrons. The minimum atomic E-state index is -0.353. The molecule has 0 spiro atoms. The van der Waals surface area contributed by atoms with Crippen LogP contribution in [0.5, 0.6) is 0 Å². The van der Waals surface area contributed by atoms with Crippen molar-refractivity contribution in [2.45, 2.75) is 6.54 Å². The maximum absolute atomic E-state index is 12.4. The second kappa shape index (κ2) is 6.36. The fraction of sp³-hybridized carbons (Fsp3) is 0.105. The third-order valence-corrected chi connectivity index (χ3v) is 4.14. The molecule has 0 bridgehead atoms. The molecule has 4 rings (SSSR count). The van der Waals surface area contributed by atoms with Gasteiger partial charge in [-0.2, -0.15) is 5.10 Å². The Kier molecular flexibility index (Phi) is 3.89. The number of amides is 1. The average molecular weight is 348 g/mol. The van der Waals surface area contributed by atoms with Gasteiger partial charge in [0.2, 0.25) is 5.91 Å². The summed E-state index contributed by atoms with van der Waals surface area (Å²) in [5, 5.41) is 8.00. The molecule has 0 saturated carbocycles. The summed E-state index contributed by atoms with van der Waals surface area (Å²) in [5.41, 5.74) is 1.85. The van der Waals surface area contributed by atoms with Crippen molar-refractivity contribution in [1.82, 2.24) is 14.3 Å². The van der Waals surface area contributed by atoms with Crippen LogP contribution in [-0.2, 0) is 18.4 Å². The van der Waals surface area contributed by atoms with Crippen molar-refractivity contribution in [3.63, 3.8) is 0 Å². The fourth-order valence-electron chi connectivity index (χ4n) is 2.86. The predicted molar refractivity (Wildman–Crippen MR) is 97.7 cm³/mol. The summed E-state index contributed by atoms with van der Waals surface area (Å²) < 4.78 is 8.38. The van der Waals surface area contributed by atoms with E-state index in [0.29, 0.717) is 17.1 Å². The van der Waals surface area contributed by atoms with Crippen LogP contribution < -0.4 is 10.9 Å². The van der Waals surface area contributed by atoms with Gasteiger partial charge in [-0.25, -0.2) is 4.68 Å². The second-order valence-corrected chi connectivity index (χ2v) is 5.90. The van der Waals surface area contributed by atoms with Crippen molar-refractivity contribution in [3.05, 3.63) is 71.3 Å². The number of hydrogen-bond acceptors (Lipinski definition) is 4. The Hall–Kier alpha value is -3.61. The van der Waals surface area contributed by atoms with Crippen molar-refractivity contribution < 1.29 is 9.21 Å². The lowest BCUT2D eigenvalue weighted by molar-refractivity contribution is -0.117. The maximum atomic E-state index is 12.4. The smallest absolute Gasteiger partial charge is 0.267 e. The van der Waals surface area contributed by atoms with E-state index in [1.807, 2.05) is 42.1 Å². The normalized spacial score (nSPS) is 11.0. The Morgan fingerprint density at radius 1 is 1.15 bits per heavy atom. The molecule has 0 aliphatic heterocycles. The molecule has 1 aromatic carbocycles. The zero-order valence-corrected chi connectivity index (χ0v) is 14.0. The molecule has 26 heavy (non-hydrogen) atoms. The van der Waals surface area contributed by atoms with Gasteiger partial charge in [0.1, 0.15) is 12.2 Å². The molecule has 3 heterocycles. The molecule has 130 valence electrons. The summed E-state index contributed by atoms with van der Waals surface area (Å²) in [6.07, 6.45) is 3.46. The Balaban J connectivity index is 1.58. The average Bonchev–Trinajstić information content (AvgIpc) is 3.28. The van der Waals surface area contributed by atoms with Gasteiger partial charge in [-0.3, -0.25) is 9.59 Å². The first-order valence-corrected chi connectivity index (χ1v) is 8.08. The lowest BCUT2D eigenvalue weighted by atomic mass is 10.2. The van der Waals surface area contributed by atoms with Crippen LogP contribution >= 0.6 is 0 Å². The highest BCUT2D eigenvalue weighted by Crippen LogP contribution is 2.23. The fourth-order valence-corrected chi connectivity index (χ4v) is 2.86. The minimum Gasteiger partial charge on any atom is -0.463 e. The quantitative estimate of drug-likeness (QED) is 0.615. The predicted octanol–water partition coefficient (Wildman–Crippen LogP) is 2.63. The molecular formula is C19H16N4O3. The van der Waals surface area contributed by atoms with Crippen molar-refractivity contribution in [2.24, 2.45) is 7.05 Å². The van der Waals surface area contributed by atoms with Crippen molar-refractivity contribution in [1.29, 1.82) is 0 Å². The number of rotatable bonds is 4. The number of carbonyl (C=O) groups is 1. The van der Waals surface area contributed by atoms with Crippen LogP contribution in [0.1, 0.15) is 0 Å². The van der Waals surface area contributed by atoms with Gasteiger partial charge >= 0.3 is 0 Å². The number of aryl methyl sites for hydroxylation is 1. The third-order valence-electron chi connectivity index (χ3n) is 4.14. The summed E-state index contributed by atoms with van der Waals surface area (Å²) in [6.45, 7) is -0.184. The van der Waals surface area contributed by atoms with Gasteiger partial charge in [-0.1, -0.05) is 6.07 Å². The van der Waals surface area contributed by atoms with Gasteiger partial charge in [0.05, 0.1) is 12.0 Å². The number of furan rings is 1. The molecule has 7 heteroatoms. The van der Waals surface area contributed by atoms with Gasteiger partial charge in [-0.05, 0) is 36.4 Å². The zero-order chi connectivity index (χ0) is 18.1. The maximum Gasteiger partial charge on any atom is 0.267 e. The van der Waals surface area contributed by atoms with E-state index in [1.165, 1.54) is 12.3 Å². The Morgan fingerprint density at radius 2 is 2.04 bits per heavy atom. The lowest BCUT2D eigenvalue weighted by Gasteiger charge is -2.09. The highest BCUT2D eigenvalue weighted by molar-refractivity contribution is 6.01.